The Labute approximate surface area is 219 Å². The number of likely N-dealkylation sites (tertiary alicyclic amines) is 1. The van der Waals surface area contributed by atoms with E-state index in [2.05, 4.69) is 21.4 Å². The van der Waals surface area contributed by atoms with Gasteiger partial charge >= 0.3 is 5.97 Å². The second-order valence-electron chi connectivity index (χ2n) is 8.75. The minimum Gasteiger partial charge on any atom is -0.496 e. The summed E-state index contributed by atoms with van der Waals surface area (Å²) in [5.74, 6) is -0.447. The van der Waals surface area contributed by atoms with Crippen LogP contribution in [0.4, 0.5) is 11.6 Å². The first-order chi connectivity index (χ1) is 18.3. The fourth-order valence-corrected chi connectivity index (χ4v) is 4.17. The summed E-state index contributed by atoms with van der Waals surface area (Å²) in [7, 11) is 1.39. The molecule has 196 valence electrons. The fourth-order valence-electron chi connectivity index (χ4n) is 4.17. The van der Waals surface area contributed by atoms with Crippen molar-refractivity contribution < 1.29 is 29.3 Å². The quantitative estimate of drug-likeness (QED) is 0.405. The van der Waals surface area contributed by atoms with Crippen molar-refractivity contribution in [2.24, 2.45) is 0 Å². The molecule has 0 radical (unpaired) electrons. The number of methoxy groups -OCH3 is 1. The Balaban J connectivity index is 1.47. The minimum absolute atomic E-state index is 0.0397. The van der Waals surface area contributed by atoms with Crippen LogP contribution in [0.3, 0.4) is 0 Å². The number of anilines is 2. The Bertz CT molecular complexity index is 1380. The van der Waals surface area contributed by atoms with Crippen molar-refractivity contribution in [1.29, 1.82) is 5.26 Å². The van der Waals surface area contributed by atoms with E-state index in [0.29, 0.717) is 54.2 Å². The lowest BCUT2D eigenvalue weighted by Gasteiger charge is -2.33. The summed E-state index contributed by atoms with van der Waals surface area (Å²) >= 11 is 0. The lowest BCUT2D eigenvalue weighted by Crippen LogP contribution is -2.45. The van der Waals surface area contributed by atoms with Gasteiger partial charge in [-0.1, -0.05) is 0 Å². The molecule has 1 atom stereocenters. The van der Waals surface area contributed by atoms with E-state index in [4.69, 9.17) is 9.47 Å². The van der Waals surface area contributed by atoms with Gasteiger partial charge in [-0.15, -0.1) is 0 Å². The number of rotatable bonds is 8. The van der Waals surface area contributed by atoms with E-state index in [1.165, 1.54) is 20.1 Å². The fraction of sp³-hybridized carbons (Fsp3) is 0.296. The maximum absolute atomic E-state index is 12.0. The number of ether oxygens (including phenoxy) is 2. The number of aromatic carboxylic acids is 1. The van der Waals surface area contributed by atoms with Crippen LogP contribution in [0.2, 0.25) is 0 Å². The molecule has 11 heteroatoms. The van der Waals surface area contributed by atoms with Gasteiger partial charge in [0, 0.05) is 49.4 Å². The van der Waals surface area contributed by atoms with Gasteiger partial charge in [0.05, 0.1) is 18.4 Å². The third-order valence-corrected chi connectivity index (χ3v) is 6.14. The van der Waals surface area contributed by atoms with Gasteiger partial charge < -0.3 is 29.9 Å². The molecule has 0 unspecified atom stereocenters. The molecule has 3 aromatic rings. The predicted octanol–water partition coefficient (Wildman–Crippen LogP) is 3.22. The number of carboxylic acid groups (broad SMARTS) is 1. The van der Waals surface area contributed by atoms with Crippen LogP contribution in [-0.4, -0.2) is 69.4 Å². The van der Waals surface area contributed by atoms with Crippen molar-refractivity contribution in [3.05, 3.63) is 59.8 Å². The molecular weight excluding hydrogens is 490 g/mol. The number of hydrogen-bond donors (Lipinski definition) is 3. The summed E-state index contributed by atoms with van der Waals surface area (Å²) in [6, 6.07) is 13.7. The molecule has 0 aliphatic carbocycles. The Morgan fingerprint density at radius 2 is 1.92 bits per heavy atom. The average Bonchev–Trinajstić information content (AvgIpc) is 2.93. The highest BCUT2D eigenvalue weighted by molar-refractivity contribution is 5.91. The number of carbonyl (C=O) groups is 2. The summed E-state index contributed by atoms with van der Waals surface area (Å²) < 4.78 is 11.2. The SMILES string of the molecule is COc1cc(Nc2nccc(-c3ccc(OC4CCN(C(=O)[C@H](C)O)CC4)c(C#N)c3)n2)ccc1C(=O)O. The largest absolute Gasteiger partial charge is 0.496 e. The molecule has 0 spiro atoms. The molecular formula is C27H27N5O6. The van der Waals surface area contributed by atoms with Crippen molar-refractivity contribution in [2.75, 3.05) is 25.5 Å². The van der Waals surface area contributed by atoms with Crippen molar-refractivity contribution in [2.45, 2.75) is 32.0 Å². The van der Waals surface area contributed by atoms with Crippen LogP contribution in [0.5, 0.6) is 11.5 Å². The number of nitriles is 1. The zero-order valence-corrected chi connectivity index (χ0v) is 20.9. The molecule has 2 aromatic carbocycles. The number of nitrogens with zero attached hydrogens (tertiary/aromatic N) is 4. The van der Waals surface area contributed by atoms with Crippen molar-refractivity contribution in [3.63, 3.8) is 0 Å². The zero-order valence-electron chi connectivity index (χ0n) is 20.9. The van der Waals surface area contributed by atoms with Crippen LogP contribution in [-0.2, 0) is 4.79 Å². The number of aliphatic hydroxyl groups excluding tert-OH is 1. The standard InChI is InChI=1S/C27H27N5O6/c1-16(33)25(34)32-11-8-20(9-12-32)38-23-6-3-17(13-18(23)15-28)22-7-10-29-27(31-22)30-19-4-5-21(26(35)36)24(14-19)37-2/h3-7,10,13-14,16,20,33H,8-9,11-12H2,1-2H3,(H,35,36)(H,29,30,31)/t16-/m0/s1. The lowest BCUT2D eigenvalue weighted by molar-refractivity contribution is -0.141. The number of hydrogen-bond acceptors (Lipinski definition) is 9. The van der Waals surface area contributed by atoms with Gasteiger partial charge in [0.1, 0.15) is 35.3 Å². The minimum atomic E-state index is -1.09. The summed E-state index contributed by atoms with van der Waals surface area (Å²) in [5.41, 5.74) is 2.21. The number of aliphatic hydroxyl groups is 1. The molecule has 11 nitrogen and oxygen atoms in total. The van der Waals surface area contributed by atoms with Crippen LogP contribution in [0, 0.1) is 11.3 Å². The van der Waals surface area contributed by atoms with E-state index in [1.54, 1.807) is 47.5 Å². The Hall–Kier alpha value is -4.69. The summed E-state index contributed by atoms with van der Waals surface area (Å²) in [6.45, 7) is 2.42. The van der Waals surface area contributed by atoms with Gasteiger partial charge in [-0.3, -0.25) is 4.79 Å². The number of carboxylic acids is 1. The van der Waals surface area contributed by atoms with Crippen molar-refractivity contribution in [1.82, 2.24) is 14.9 Å². The van der Waals surface area contributed by atoms with Crippen LogP contribution < -0.4 is 14.8 Å². The average molecular weight is 518 g/mol. The normalized spacial score (nSPS) is 14.3. The molecule has 0 bridgehead atoms. The summed E-state index contributed by atoms with van der Waals surface area (Å²) in [4.78, 5) is 33.7. The van der Waals surface area contributed by atoms with Crippen LogP contribution in [0.15, 0.2) is 48.7 Å². The molecule has 1 fully saturated rings. The van der Waals surface area contributed by atoms with Gasteiger partial charge in [0.15, 0.2) is 0 Å². The molecule has 1 saturated heterocycles. The van der Waals surface area contributed by atoms with E-state index in [0.717, 1.165) is 0 Å². The van der Waals surface area contributed by atoms with E-state index >= 15 is 0 Å². The maximum atomic E-state index is 12.0. The first kappa shape index (κ1) is 26.4. The molecule has 4 rings (SSSR count). The second-order valence-corrected chi connectivity index (χ2v) is 8.75. The van der Waals surface area contributed by atoms with Crippen molar-refractivity contribution >= 4 is 23.5 Å². The molecule has 3 N–H and O–H groups in total. The van der Waals surface area contributed by atoms with Crippen LogP contribution in [0.25, 0.3) is 11.3 Å². The van der Waals surface area contributed by atoms with Gasteiger partial charge in [0.2, 0.25) is 5.95 Å². The van der Waals surface area contributed by atoms with Gasteiger partial charge in [0.25, 0.3) is 5.91 Å². The Kier molecular flexibility index (Phi) is 8.03. The highest BCUT2D eigenvalue weighted by Crippen LogP contribution is 2.29. The van der Waals surface area contributed by atoms with Gasteiger partial charge in [-0.2, -0.15) is 5.26 Å². The smallest absolute Gasteiger partial charge is 0.339 e. The Morgan fingerprint density at radius 1 is 1.16 bits per heavy atom. The molecule has 1 aliphatic rings. The van der Waals surface area contributed by atoms with Crippen LogP contribution in [0.1, 0.15) is 35.7 Å². The third-order valence-electron chi connectivity index (χ3n) is 6.14. The number of amides is 1. The number of nitrogens with one attached hydrogen (secondary N) is 1. The first-order valence-electron chi connectivity index (χ1n) is 12.0. The summed E-state index contributed by atoms with van der Waals surface area (Å²) in [6.07, 6.45) is 1.61. The molecule has 1 aliphatic heterocycles. The molecule has 38 heavy (non-hydrogen) atoms. The maximum Gasteiger partial charge on any atom is 0.339 e. The molecule has 1 aromatic heterocycles. The molecule has 0 saturated carbocycles. The summed E-state index contributed by atoms with van der Waals surface area (Å²) in [5, 5.41) is 31.6. The third kappa shape index (κ3) is 5.99. The number of aromatic nitrogens is 2. The monoisotopic (exact) mass is 517 g/mol. The van der Waals surface area contributed by atoms with Crippen molar-refractivity contribution in [3.8, 4) is 28.8 Å². The predicted molar refractivity (Wildman–Crippen MR) is 137 cm³/mol. The zero-order chi connectivity index (χ0) is 27.2. The van der Waals surface area contributed by atoms with Gasteiger partial charge in [-0.05, 0) is 43.3 Å². The van der Waals surface area contributed by atoms with Crippen LogP contribution >= 0.6 is 0 Å². The highest BCUT2D eigenvalue weighted by Gasteiger charge is 2.26. The topological polar surface area (TPSA) is 158 Å². The number of benzene rings is 2. The van der Waals surface area contributed by atoms with Gasteiger partial charge in [-0.25, -0.2) is 14.8 Å². The number of piperidine rings is 1. The van der Waals surface area contributed by atoms with E-state index < -0.39 is 12.1 Å². The first-order valence-corrected chi connectivity index (χ1v) is 12.0. The molecule has 2 heterocycles. The van der Waals surface area contributed by atoms with E-state index in [9.17, 15) is 25.1 Å². The highest BCUT2D eigenvalue weighted by atomic mass is 16.5. The van der Waals surface area contributed by atoms with E-state index in [1.807, 2.05) is 0 Å². The molecule has 1 amide bonds. The van der Waals surface area contributed by atoms with E-state index in [-0.39, 0.29) is 29.3 Å². The second kappa shape index (κ2) is 11.6. The Morgan fingerprint density at radius 3 is 2.58 bits per heavy atom. The number of carbonyl (C=O) groups excluding carboxylic acids is 1. The lowest BCUT2D eigenvalue weighted by atomic mass is 10.1.